The Morgan fingerprint density at radius 2 is 1.78 bits per heavy atom. The number of nitrogens with one attached hydrogen (secondary N) is 1. The van der Waals surface area contributed by atoms with Gasteiger partial charge in [-0.05, 0) is 47.7 Å². The molecule has 0 saturated carbocycles. The van der Waals surface area contributed by atoms with Gasteiger partial charge in [-0.2, -0.15) is 0 Å². The number of sulfonamides is 1. The minimum atomic E-state index is -3.63. The van der Waals surface area contributed by atoms with Crippen molar-refractivity contribution in [3.63, 3.8) is 0 Å². The molecule has 2 aromatic rings. The Balaban J connectivity index is 2.09. The van der Waals surface area contributed by atoms with Crippen LogP contribution in [-0.4, -0.2) is 15.0 Å². The molecule has 6 heteroatoms. The molecular formula is C17H21ClN2O2S. The molecule has 2 aromatic carbocycles. The van der Waals surface area contributed by atoms with Gasteiger partial charge in [0.2, 0.25) is 10.0 Å². The maximum absolute atomic E-state index is 12.5. The molecule has 0 fully saturated rings. The standard InChI is InChI=1S/C17H21ClN2O2S/c1-12(2)14-5-8-16(18)17(11-14)23(21,22)20-10-9-13-3-6-15(19)7-4-13/h3-8,11-12,20H,9-10,19H2,1-2H3. The molecule has 3 N–H and O–H groups in total. The van der Waals surface area contributed by atoms with Crippen molar-refractivity contribution in [1.82, 2.24) is 4.72 Å². The fraction of sp³-hybridized carbons (Fsp3) is 0.294. The summed E-state index contributed by atoms with van der Waals surface area (Å²) in [6.07, 6.45) is 0.584. The zero-order valence-electron chi connectivity index (χ0n) is 13.2. The average molecular weight is 353 g/mol. The van der Waals surface area contributed by atoms with E-state index in [0.29, 0.717) is 18.7 Å². The van der Waals surface area contributed by atoms with Crippen molar-refractivity contribution < 1.29 is 8.42 Å². The van der Waals surface area contributed by atoms with E-state index < -0.39 is 10.0 Å². The number of nitrogen functional groups attached to an aromatic ring is 1. The van der Waals surface area contributed by atoms with E-state index in [1.165, 1.54) is 0 Å². The summed E-state index contributed by atoms with van der Waals surface area (Å²) in [5.74, 6) is 0.232. The first-order chi connectivity index (χ1) is 10.8. The van der Waals surface area contributed by atoms with Gasteiger partial charge in [0.25, 0.3) is 0 Å². The number of hydrogen-bond donors (Lipinski definition) is 2. The van der Waals surface area contributed by atoms with Crippen LogP contribution in [0.1, 0.15) is 30.9 Å². The van der Waals surface area contributed by atoms with Gasteiger partial charge >= 0.3 is 0 Å². The Labute approximate surface area is 142 Å². The van der Waals surface area contributed by atoms with Crippen molar-refractivity contribution in [2.75, 3.05) is 12.3 Å². The summed E-state index contributed by atoms with van der Waals surface area (Å²) in [5, 5.41) is 0.231. The van der Waals surface area contributed by atoms with E-state index in [2.05, 4.69) is 4.72 Å². The number of hydrogen-bond acceptors (Lipinski definition) is 3. The lowest BCUT2D eigenvalue weighted by atomic mass is 10.0. The van der Waals surface area contributed by atoms with Crippen molar-refractivity contribution >= 4 is 27.3 Å². The Morgan fingerprint density at radius 3 is 2.39 bits per heavy atom. The number of rotatable bonds is 6. The van der Waals surface area contributed by atoms with Gasteiger partial charge in [-0.15, -0.1) is 0 Å². The van der Waals surface area contributed by atoms with E-state index in [0.717, 1.165) is 11.1 Å². The van der Waals surface area contributed by atoms with E-state index in [1.807, 2.05) is 32.0 Å². The quantitative estimate of drug-likeness (QED) is 0.780. The molecular weight excluding hydrogens is 332 g/mol. The highest BCUT2D eigenvalue weighted by molar-refractivity contribution is 7.89. The molecule has 0 spiro atoms. The first kappa shape index (κ1) is 17.8. The van der Waals surface area contributed by atoms with Crippen LogP contribution in [0.3, 0.4) is 0 Å². The van der Waals surface area contributed by atoms with Gasteiger partial charge in [0, 0.05) is 12.2 Å². The second-order valence-electron chi connectivity index (χ2n) is 5.73. The summed E-state index contributed by atoms with van der Waals surface area (Å²) in [4.78, 5) is 0.127. The Kier molecular flexibility index (Phi) is 5.68. The summed E-state index contributed by atoms with van der Waals surface area (Å²) in [5.41, 5.74) is 8.27. The lowest BCUT2D eigenvalue weighted by molar-refractivity contribution is 0.581. The molecule has 23 heavy (non-hydrogen) atoms. The summed E-state index contributed by atoms with van der Waals surface area (Å²) in [7, 11) is -3.63. The van der Waals surface area contributed by atoms with Gasteiger partial charge in [-0.1, -0.05) is 43.6 Å². The Bertz CT molecular complexity index is 772. The molecule has 0 radical (unpaired) electrons. The molecule has 2 rings (SSSR count). The summed E-state index contributed by atoms with van der Waals surface area (Å²) in [6.45, 7) is 4.32. The van der Waals surface area contributed by atoms with E-state index in [1.54, 1.807) is 24.3 Å². The SMILES string of the molecule is CC(C)c1ccc(Cl)c(S(=O)(=O)NCCc2ccc(N)cc2)c1. The van der Waals surface area contributed by atoms with Crippen molar-refractivity contribution in [2.45, 2.75) is 31.1 Å². The van der Waals surface area contributed by atoms with Crippen LogP contribution in [0.2, 0.25) is 5.02 Å². The van der Waals surface area contributed by atoms with Crippen molar-refractivity contribution in [3.05, 3.63) is 58.6 Å². The normalized spacial score (nSPS) is 11.8. The zero-order valence-corrected chi connectivity index (χ0v) is 14.8. The molecule has 0 atom stereocenters. The largest absolute Gasteiger partial charge is 0.399 e. The highest BCUT2D eigenvalue weighted by Crippen LogP contribution is 2.26. The summed E-state index contributed by atoms with van der Waals surface area (Å²) < 4.78 is 27.5. The van der Waals surface area contributed by atoms with Gasteiger partial charge in [-0.25, -0.2) is 13.1 Å². The van der Waals surface area contributed by atoms with E-state index in [-0.39, 0.29) is 15.8 Å². The molecule has 0 saturated heterocycles. The van der Waals surface area contributed by atoms with Crippen molar-refractivity contribution in [1.29, 1.82) is 0 Å². The van der Waals surface area contributed by atoms with Crippen LogP contribution >= 0.6 is 11.6 Å². The third-order valence-electron chi connectivity index (χ3n) is 3.60. The maximum Gasteiger partial charge on any atom is 0.242 e. The molecule has 0 bridgehead atoms. The molecule has 0 aliphatic rings. The van der Waals surface area contributed by atoms with Crippen LogP contribution in [0, 0.1) is 0 Å². The van der Waals surface area contributed by atoms with Crippen LogP contribution in [0.5, 0.6) is 0 Å². The minimum Gasteiger partial charge on any atom is -0.399 e. The molecule has 4 nitrogen and oxygen atoms in total. The van der Waals surface area contributed by atoms with Gasteiger partial charge in [0.15, 0.2) is 0 Å². The monoisotopic (exact) mass is 352 g/mol. The lowest BCUT2D eigenvalue weighted by Gasteiger charge is -2.12. The molecule has 0 unspecified atom stereocenters. The van der Waals surface area contributed by atoms with Gasteiger partial charge in [0.05, 0.1) is 5.02 Å². The van der Waals surface area contributed by atoms with E-state index in [9.17, 15) is 8.42 Å². The average Bonchev–Trinajstić information content (AvgIpc) is 2.49. The number of halogens is 1. The van der Waals surface area contributed by atoms with Crippen LogP contribution in [0.25, 0.3) is 0 Å². The van der Waals surface area contributed by atoms with Crippen molar-refractivity contribution in [2.24, 2.45) is 0 Å². The summed E-state index contributed by atoms with van der Waals surface area (Å²) >= 11 is 6.07. The summed E-state index contributed by atoms with van der Waals surface area (Å²) in [6, 6.07) is 12.5. The van der Waals surface area contributed by atoms with E-state index >= 15 is 0 Å². The first-order valence-electron chi connectivity index (χ1n) is 7.43. The van der Waals surface area contributed by atoms with Crippen LogP contribution in [-0.2, 0) is 16.4 Å². The molecule has 0 aliphatic carbocycles. The second kappa shape index (κ2) is 7.34. The fourth-order valence-corrected chi connectivity index (χ4v) is 3.74. The van der Waals surface area contributed by atoms with Gasteiger partial charge in [-0.3, -0.25) is 0 Å². The second-order valence-corrected chi connectivity index (χ2v) is 7.88. The topological polar surface area (TPSA) is 72.2 Å². The Hall–Kier alpha value is -1.56. The zero-order chi connectivity index (χ0) is 17.0. The lowest BCUT2D eigenvalue weighted by Crippen LogP contribution is -2.26. The fourth-order valence-electron chi connectivity index (χ4n) is 2.18. The van der Waals surface area contributed by atoms with Crippen molar-refractivity contribution in [3.8, 4) is 0 Å². The molecule has 0 aliphatic heterocycles. The van der Waals surface area contributed by atoms with Crippen LogP contribution in [0.15, 0.2) is 47.4 Å². The van der Waals surface area contributed by atoms with Gasteiger partial charge in [0.1, 0.15) is 4.90 Å². The van der Waals surface area contributed by atoms with Crippen LogP contribution < -0.4 is 10.5 Å². The first-order valence-corrected chi connectivity index (χ1v) is 9.29. The predicted octanol–water partition coefficient (Wildman–Crippen LogP) is 3.57. The molecule has 0 heterocycles. The molecule has 0 amide bonds. The number of anilines is 1. The third kappa shape index (κ3) is 4.70. The highest BCUT2D eigenvalue weighted by Gasteiger charge is 2.18. The van der Waals surface area contributed by atoms with Crippen LogP contribution in [0.4, 0.5) is 5.69 Å². The predicted molar refractivity (Wildman–Crippen MR) is 95.3 cm³/mol. The highest BCUT2D eigenvalue weighted by atomic mass is 35.5. The van der Waals surface area contributed by atoms with E-state index in [4.69, 9.17) is 17.3 Å². The number of benzene rings is 2. The Morgan fingerprint density at radius 1 is 1.13 bits per heavy atom. The molecule has 0 aromatic heterocycles. The molecule has 124 valence electrons. The minimum absolute atomic E-state index is 0.127. The maximum atomic E-state index is 12.5. The third-order valence-corrected chi connectivity index (χ3v) is 5.54. The number of nitrogens with two attached hydrogens (primary N) is 1. The smallest absolute Gasteiger partial charge is 0.242 e. The van der Waals surface area contributed by atoms with Gasteiger partial charge < -0.3 is 5.73 Å².